The van der Waals surface area contributed by atoms with Crippen LogP contribution in [0, 0.1) is 0 Å². The van der Waals surface area contributed by atoms with Crippen molar-refractivity contribution in [3.63, 3.8) is 0 Å². The van der Waals surface area contributed by atoms with Crippen LogP contribution in [0.4, 0.5) is 0 Å². The average Bonchev–Trinajstić information content (AvgIpc) is 2.53. The van der Waals surface area contributed by atoms with E-state index < -0.39 is 0 Å². The van der Waals surface area contributed by atoms with Crippen molar-refractivity contribution in [2.24, 2.45) is 0 Å². The number of rotatable bonds is 3. The minimum atomic E-state index is -0.234. The molecule has 0 aromatic heterocycles. The summed E-state index contributed by atoms with van der Waals surface area (Å²) in [5, 5.41) is 11.9. The number of amides is 1. The van der Waals surface area contributed by atoms with Crippen LogP contribution in [0.2, 0.25) is 0 Å². The van der Waals surface area contributed by atoms with Crippen molar-refractivity contribution in [2.45, 2.75) is 23.8 Å². The fourth-order valence-electron chi connectivity index (χ4n) is 2.61. The molecule has 2 aromatic carbocycles. The molecule has 3 rings (SSSR count). The van der Waals surface area contributed by atoms with Crippen molar-refractivity contribution >= 4 is 28.4 Å². The second-order valence-corrected chi connectivity index (χ2v) is 6.46. The number of aliphatic hydroxyl groups excluding tert-OH is 1. The van der Waals surface area contributed by atoms with Crippen LogP contribution in [0.3, 0.4) is 0 Å². The Morgan fingerprint density at radius 1 is 1.14 bits per heavy atom. The van der Waals surface area contributed by atoms with E-state index in [0.717, 1.165) is 4.90 Å². The number of hydrogen-bond donors (Lipinski definition) is 1. The number of thioether (sulfide) groups is 1. The zero-order valence-corrected chi connectivity index (χ0v) is 12.7. The maximum Gasteiger partial charge on any atom is 0.232 e. The van der Waals surface area contributed by atoms with Gasteiger partial charge in [0.2, 0.25) is 5.91 Å². The van der Waals surface area contributed by atoms with Crippen LogP contribution < -0.4 is 0 Å². The summed E-state index contributed by atoms with van der Waals surface area (Å²) in [7, 11) is 0. The highest BCUT2D eigenvalue weighted by Crippen LogP contribution is 2.24. The lowest BCUT2D eigenvalue weighted by atomic mass is 10.1. The number of benzene rings is 2. The number of carbonyl (C=O) groups excluding carboxylic acids is 1. The molecule has 1 amide bonds. The van der Waals surface area contributed by atoms with Crippen molar-refractivity contribution in [1.29, 1.82) is 0 Å². The van der Waals surface area contributed by atoms with Crippen molar-refractivity contribution in [3.8, 4) is 0 Å². The Kier molecular flexibility index (Phi) is 4.46. The van der Waals surface area contributed by atoms with Crippen LogP contribution in [0.1, 0.15) is 12.8 Å². The second kappa shape index (κ2) is 6.50. The van der Waals surface area contributed by atoms with Crippen LogP contribution in [0.5, 0.6) is 0 Å². The first kappa shape index (κ1) is 14.4. The van der Waals surface area contributed by atoms with E-state index >= 15 is 0 Å². The molecule has 0 bridgehead atoms. The van der Waals surface area contributed by atoms with Crippen LogP contribution in [-0.4, -0.2) is 40.9 Å². The minimum absolute atomic E-state index is 0.167. The van der Waals surface area contributed by atoms with Gasteiger partial charge in [0.1, 0.15) is 0 Å². The first-order chi connectivity index (χ1) is 10.2. The first-order valence-corrected chi connectivity index (χ1v) is 8.28. The molecule has 3 nitrogen and oxygen atoms in total. The highest BCUT2D eigenvalue weighted by Gasteiger charge is 2.20. The number of hydrogen-bond acceptors (Lipinski definition) is 3. The Morgan fingerprint density at radius 2 is 1.86 bits per heavy atom. The van der Waals surface area contributed by atoms with E-state index in [2.05, 4.69) is 30.3 Å². The van der Waals surface area contributed by atoms with Gasteiger partial charge in [-0.25, -0.2) is 0 Å². The van der Waals surface area contributed by atoms with Gasteiger partial charge < -0.3 is 10.0 Å². The average molecular weight is 301 g/mol. The molecule has 1 heterocycles. The van der Waals surface area contributed by atoms with Gasteiger partial charge >= 0.3 is 0 Å². The Labute approximate surface area is 129 Å². The molecule has 0 spiro atoms. The molecule has 1 aliphatic heterocycles. The number of likely N-dealkylation sites (tertiary alicyclic amines) is 1. The fraction of sp³-hybridized carbons (Fsp3) is 0.353. The maximum atomic E-state index is 12.2. The molecular weight excluding hydrogens is 282 g/mol. The maximum absolute atomic E-state index is 12.2. The third-order valence-electron chi connectivity index (χ3n) is 3.90. The molecule has 0 aliphatic carbocycles. The highest BCUT2D eigenvalue weighted by atomic mass is 32.2. The van der Waals surface area contributed by atoms with Gasteiger partial charge in [0, 0.05) is 18.0 Å². The van der Waals surface area contributed by atoms with E-state index in [0.29, 0.717) is 31.7 Å². The standard InChI is InChI=1S/C17H19NO2S/c19-15-7-9-18(10-8-15)17(20)12-21-16-6-5-13-3-1-2-4-14(13)11-16/h1-6,11,15,19H,7-10,12H2. The summed E-state index contributed by atoms with van der Waals surface area (Å²) >= 11 is 1.58. The van der Waals surface area contributed by atoms with E-state index in [1.54, 1.807) is 11.8 Å². The van der Waals surface area contributed by atoms with Crippen LogP contribution >= 0.6 is 11.8 Å². The monoisotopic (exact) mass is 301 g/mol. The fourth-order valence-corrected chi connectivity index (χ4v) is 3.46. The molecular formula is C17H19NO2S. The normalized spacial score (nSPS) is 16.3. The van der Waals surface area contributed by atoms with Crippen LogP contribution in [0.15, 0.2) is 47.4 Å². The topological polar surface area (TPSA) is 40.5 Å². The van der Waals surface area contributed by atoms with Gasteiger partial charge in [-0.2, -0.15) is 0 Å². The summed E-state index contributed by atoms with van der Waals surface area (Å²) in [6.07, 6.45) is 1.17. The summed E-state index contributed by atoms with van der Waals surface area (Å²) in [5.74, 6) is 0.633. The molecule has 0 atom stereocenters. The zero-order chi connectivity index (χ0) is 14.7. The Morgan fingerprint density at radius 3 is 2.62 bits per heavy atom. The molecule has 2 aromatic rings. The summed E-state index contributed by atoms with van der Waals surface area (Å²) in [6, 6.07) is 14.5. The quantitative estimate of drug-likeness (QED) is 0.886. The smallest absolute Gasteiger partial charge is 0.232 e. The summed E-state index contributed by atoms with van der Waals surface area (Å²) < 4.78 is 0. The molecule has 21 heavy (non-hydrogen) atoms. The third kappa shape index (κ3) is 3.57. The Balaban J connectivity index is 1.59. The predicted octanol–water partition coefficient (Wildman–Crippen LogP) is 2.92. The largest absolute Gasteiger partial charge is 0.393 e. The lowest BCUT2D eigenvalue weighted by Crippen LogP contribution is -2.40. The molecule has 1 N–H and O–H groups in total. The van der Waals surface area contributed by atoms with Crippen molar-refractivity contribution < 1.29 is 9.90 Å². The van der Waals surface area contributed by atoms with Crippen molar-refractivity contribution in [2.75, 3.05) is 18.8 Å². The van der Waals surface area contributed by atoms with Gasteiger partial charge in [-0.1, -0.05) is 30.3 Å². The van der Waals surface area contributed by atoms with Gasteiger partial charge in [0.15, 0.2) is 0 Å². The van der Waals surface area contributed by atoms with Gasteiger partial charge in [0.05, 0.1) is 11.9 Å². The van der Waals surface area contributed by atoms with Gasteiger partial charge in [0.25, 0.3) is 0 Å². The van der Waals surface area contributed by atoms with Crippen LogP contribution in [-0.2, 0) is 4.79 Å². The molecule has 0 radical (unpaired) electrons. The van der Waals surface area contributed by atoms with Gasteiger partial charge in [-0.15, -0.1) is 11.8 Å². The lowest BCUT2D eigenvalue weighted by molar-refractivity contribution is -0.130. The number of aliphatic hydroxyl groups is 1. The predicted molar refractivity (Wildman–Crippen MR) is 86.5 cm³/mol. The summed E-state index contributed by atoms with van der Waals surface area (Å²) in [5.41, 5.74) is 0. The van der Waals surface area contributed by atoms with Crippen molar-refractivity contribution in [1.82, 2.24) is 4.90 Å². The minimum Gasteiger partial charge on any atom is -0.393 e. The summed E-state index contributed by atoms with van der Waals surface area (Å²) in [4.78, 5) is 15.2. The van der Waals surface area contributed by atoms with E-state index in [-0.39, 0.29) is 12.0 Å². The lowest BCUT2D eigenvalue weighted by Gasteiger charge is -2.29. The van der Waals surface area contributed by atoms with E-state index in [9.17, 15) is 9.90 Å². The summed E-state index contributed by atoms with van der Waals surface area (Å²) in [6.45, 7) is 1.36. The second-order valence-electron chi connectivity index (χ2n) is 5.41. The molecule has 110 valence electrons. The number of piperidine rings is 1. The van der Waals surface area contributed by atoms with Crippen LogP contribution in [0.25, 0.3) is 10.8 Å². The molecule has 1 fully saturated rings. The molecule has 1 saturated heterocycles. The van der Waals surface area contributed by atoms with Gasteiger partial charge in [-0.05, 0) is 35.7 Å². The highest BCUT2D eigenvalue weighted by molar-refractivity contribution is 8.00. The number of nitrogens with zero attached hydrogens (tertiary/aromatic N) is 1. The first-order valence-electron chi connectivity index (χ1n) is 7.30. The van der Waals surface area contributed by atoms with E-state index in [1.165, 1.54) is 10.8 Å². The number of carbonyl (C=O) groups is 1. The third-order valence-corrected chi connectivity index (χ3v) is 4.88. The molecule has 1 aliphatic rings. The molecule has 0 unspecified atom stereocenters. The Bertz CT molecular complexity index is 635. The van der Waals surface area contributed by atoms with E-state index in [1.807, 2.05) is 17.0 Å². The van der Waals surface area contributed by atoms with Crippen molar-refractivity contribution in [3.05, 3.63) is 42.5 Å². The Hall–Kier alpha value is -1.52. The van der Waals surface area contributed by atoms with Gasteiger partial charge in [-0.3, -0.25) is 4.79 Å². The molecule has 4 heteroatoms. The zero-order valence-electron chi connectivity index (χ0n) is 11.9. The van der Waals surface area contributed by atoms with E-state index in [4.69, 9.17) is 0 Å². The number of fused-ring (bicyclic) bond motifs is 1. The molecule has 0 saturated carbocycles. The SMILES string of the molecule is O=C(CSc1ccc2ccccc2c1)N1CCC(O)CC1.